The number of anilines is 1. The first-order chi connectivity index (χ1) is 11.6. The number of benzene rings is 1. The van der Waals surface area contributed by atoms with Gasteiger partial charge in [-0.15, -0.1) is 12.6 Å². The monoisotopic (exact) mass is 339 g/mol. The summed E-state index contributed by atoms with van der Waals surface area (Å²) in [5.41, 5.74) is 1.96. The minimum absolute atomic E-state index is 0.0104. The molecular weight excluding hydrogens is 322 g/mol. The molecule has 1 aromatic heterocycles. The summed E-state index contributed by atoms with van der Waals surface area (Å²) in [5.74, 6) is 0.890. The molecular formula is C18H17N3O2S. The molecule has 1 amide bonds. The number of furan rings is 1. The Bertz CT molecular complexity index is 863. The van der Waals surface area contributed by atoms with Gasteiger partial charge in [0, 0.05) is 5.69 Å². The van der Waals surface area contributed by atoms with Gasteiger partial charge >= 0.3 is 0 Å². The Kier molecular flexibility index (Phi) is 4.36. The molecule has 1 aliphatic heterocycles. The lowest BCUT2D eigenvalue weighted by Crippen LogP contribution is -2.46. The zero-order chi connectivity index (χ0) is 17.3. The van der Waals surface area contributed by atoms with Crippen molar-refractivity contribution in [2.75, 3.05) is 4.90 Å². The minimum atomic E-state index is -0.552. The number of carbonyl (C=O) groups is 1. The van der Waals surface area contributed by atoms with Crippen molar-refractivity contribution in [2.24, 2.45) is 0 Å². The van der Waals surface area contributed by atoms with Crippen molar-refractivity contribution < 1.29 is 9.21 Å². The molecule has 24 heavy (non-hydrogen) atoms. The molecule has 5 nitrogen and oxygen atoms in total. The number of nitriles is 1. The van der Waals surface area contributed by atoms with Gasteiger partial charge in [0.05, 0.1) is 5.03 Å². The van der Waals surface area contributed by atoms with Gasteiger partial charge in [0.25, 0.3) is 5.91 Å². The first kappa shape index (κ1) is 16.2. The van der Waals surface area contributed by atoms with E-state index >= 15 is 0 Å². The van der Waals surface area contributed by atoms with Gasteiger partial charge in [-0.2, -0.15) is 5.26 Å². The Balaban J connectivity index is 2.20. The summed E-state index contributed by atoms with van der Waals surface area (Å²) < 4.78 is 5.72. The van der Waals surface area contributed by atoms with Gasteiger partial charge in [0.2, 0.25) is 0 Å². The number of carbonyl (C=O) groups excluding carboxylic acids is 1. The highest BCUT2D eigenvalue weighted by Crippen LogP contribution is 2.37. The van der Waals surface area contributed by atoms with Crippen LogP contribution in [0.1, 0.15) is 30.2 Å². The van der Waals surface area contributed by atoms with E-state index in [0.29, 0.717) is 10.8 Å². The minimum Gasteiger partial charge on any atom is -0.462 e. The van der Waals surface area contributed by atoms with Crippen LogP contribution in [0, 0.1) is 18.3 Å². The maximum Gasteiger partial charge on any atom is 0.266 e. The highest BCUT2D eigenvalue weighted by Gasteiger charge is 2.36. The van der Waals surface area contributed by atoms with Gasteiger partial charge in [-0.05, 0) is 37.1 Å². The van der Waals surface area contributed by atoms with Gasteiger partial charge in [0.1, 0.15) is 23.2 Å². The molecule has 0 spiro atoms. The van der Waals surface area contributed by atoms with Crippen molar-refractivity contribution in [3.05, 3.63) is 64.1 Å². The third-order valence-corrected chi connectivity index (χ3v) is 4.42. The average molecular weight is 339 g/mol. The molecule has 3 rings (SSSR count). The quantitative estimate of drug-likeness (QED) is 0.841. The number of amides is 1. The molecule has 0 saturated carbocycles. The van der Waals surface area contributed by atoms with Crippen LogP contribution in [0.25, 0.3) is 0 Å². The number of para-hydroxylation sites is 1. The second-order valence-corrected chi connectivity index (χ2v) is 5.91. The lowest BCUT2D eigenvalue weighted by Gasteiger charge is -2.37. The standard InChI is InChI=1S/C18H17N3O2S/c1-3-12-6-4-5-7-14(12)21-16(15-9-8-11(2)23-15)20-17(22)13(10-19)18(21)24/h4-9,16,24H,3H2,1-2H3,(H,20,22). The van der Waals surface area contributed by atoms with Crippen molar-refractivity contribution in [1.29, 1.82) is 5.26 Å². The van der Waals surface area contributed by atoms with E-state index in [9.17, 15) is 10.1 Å². The molecule has 0 saturated heterocycles. The maximum absolute atomic E-state index is 12.2. The highest BCUT2D eigenvalue weighted by molar-refractivity contribution is 7.84. The SMILES string of the molecule is CCc1ccccc1N1C(S)=C(C#N)C(=O)NC1c1ccc(C)o1. The van der Waals surface area contributed by atoms with Crippen LogP contribution < -0.4 is 10.2 Å². The molecule has 2 aromatic rings. The third-order valence-electron chi connectivity index (χ3n) is 3.98. The topological polar surface area (TPSA) is 69.3 Å². The van der Waals surface area contributed by atoms with Crippen molar-refractivity contribution in [3.63, 3.8) is 0 Å². The molecule has 0 fully saturated rings. The lowest BCUT2D eigenvalue weighted by atomic mass is 10.1. The molecule has 1 unspecified atom stereocenters. The molecule has 0 bridgehead atoms. The van der Waals surface area contributed by atoms with Crippen LogP contribution >= 0.6 is 12.6 Å². The van der Waals surface area contributed by atoms with Gasteiger partial charge in [-0.3, -0.25) is 4.79 Å². The first-order valence-corrected chi connectivity index (χ1v) is 8.09. The third kappa shape index (κ3) is 2.68. The van der Waals surface area contributed by atoms with Crippen LogP contribution in [0.15, 0.2) is 51.4 Å². The number of nitrogens with one attached hydrogen (secondary N) is 1. The predicted molar refractivity (Wildman–Crippen MR) is 94.3 cm³/mol. The Morgan fingerprint density at radius 2 is 2.08 bits per heavy atom. The summed E-state index contributed by atoms with van der Waals surface area (Å²) in [6.07, 6.45) is 0.261. The molecule has 6 heteroatoms. The molecule has 2 heterocycles. The second-order valence-electron chi connectivity index (χ2n) is 5.49. The van der Waals surface area contributed by atoms with Crippen LogP contribution in [0.3, 0.4) is 0 Å². The summed E-state index contributed by atoms with van der Waals surface area (Å²) in [6.45, 7) is 3.90. The van der Waals surface area contributed by atoms with Crippen LogP contribution in [0.2, 0.25) is 0 Å². The maximum atomic E-state index is 12.2. The zero-order valence-electron chi connectivity index (χ0n) is 13.4. The molecule has 1 aromatic carbocycles. The highest BCUT2D eigenvalue weighted by atomic mass is 32.1. The number of nitrogens with zero attached hydrogens (tertiary/aromatic N) is 2. The Morgan fingerprint density at radius 3 is 2.71 bits per heavy atom. The fourth-order valence-electron chi connectivity index (χ4n) is 2.80. The predicted octanol–water partition coefficient (Wildman–Crippen LogP) is 3.45. The molecule has 1 aliphatic rings. The fraction of sp³-hybridized carbons (Fsp3) is 0.222. The van der Waals surface area contributed by atoms with Crippen molar-refractivity contribution in [2.45, 2.75) is 26.4 Å². The van der Waals surface area contributed by atoms with E-state index in [2.05, 4.69) is 24.9 Å². The largest absolute Gasteiger partial charge is 0.462 e. The summed E-state index contributed by atoms with van der Waals surface area (Å²) in [5, 5.41) is 12.5. The Morgan fingerprint density at radius 1 is 1.33 bits per heavy atom. The fourth-order valence-corrected chi connectivity index (χ4v) is 3.18. The van der Waals surface area contributed by atoms with Crippen molar-refractivity contribution in [3.8, 4) is 6.07 Å². The Labute approximate surface area is 146 Å². The van der Waals surface area contributed by atoms with E-state index in [-0.39, 0.29) is 5.57 Å². The van der Waals surface area contributed by atoms with E-state index in [1.165, 1.54) is 0 Å². The second kappa shape index (κ2) is 6.46. The van der Waals surface area contributed by atoms with Crippen LogP contribution in [-0.4, -0.2) is 5.91 Å². The smallest absolute Gasteiger partial charge is 0.266 e. The summed E-state index contributed by atoms with van der Waals surface area (Å²) in [7, 11) is 0. The van der Waals surface area contributed by atoms with Crippen LogP contribution in [0.4, 0.5) is 5.69 Å². The van der Waals surface area contributed by atoms with E-state index in [1.54, 1.807) is 0 Å². The molecule has 0 aliphatic carbocycles. The van der Waals surface area contributed by atoms with Crippen LogP contribution in [-0.2, 0) is 11.2 Å². The zero-order valence-corrected chi connectivity index (χ0v) is 14.3. The van der Waals surface area contributed by atoms with Crippen molar-refractivity contribution in [1.82, 2.24) is 5.32 Å². The number of aryl methyl sites for hydroxylation is 2. The Hall–Kier alpha value is -2.65. The number of hydrogen-bond acceptors (Lipinski definition) is 5. The summed E-state index contributed by atoms with van der Waals surface area (Å²) >= 11 is 4.49. The molecule has 0 radical (unpaired) electrons. The normalized spacial score (nSPS) is 17.7. The van der Waals surface area contributed by atoms with Crippen LogP contribution in [0.5, 0.6) is 0 Å². The van der Waals surface area contributed by atoms with E-state index in [4.69, 9.17) is 4.42 Å². The number of hydrogen-bond donors (Lipinski definition) is 2. The molecule has 1 N–H and O–H groups in total. The van der Waals surface area contributed by atoms with Gasteiger partial charge in [0.15, 0.2) is 6.17 Å². The summed E-state index contributed by atoms with van der Waals surface area (Å²) in [6, 6.07) is 13.4. The number of rotatable bonds is 3. The first-order valence-electron chi connectivity index (χ1n) is 7.64. The lowest BCUT2D eigenvalue weighted by molar-refractivity contribution is -0.118. The van der Waals surface area contributed by atoms with Gasteiger partial charge in [-0.1, -0.05) is 25.1 Å². The van der Waals surface area contributed by atoms with E-state index in [1.807, 2.05) is 54.3 Å². The molecule has 1 atom stereocenters. The van der Waals surface area contributed by atoms with E-state index in [0.717, 1.165) is 23.4 Å². The summed E-state index contributed by atoms with van der Waals surface area (Å²) in [4.78, 5) is 14.1. The average Bonchev–Trinajstić information content (AvgIpc) is 3.01. The van der Waals surface area contributed by atoms with Crippen molar-refractivity contribution >= 4 is 24.2 Å². The van der Waals surface area contributed by atoms with Gasteiger partial charge < -0.3 is 14.6 Å². The van der Waals surface area contributed by atoms with Gasteiger partial charge in [-0.25, -0.2) is 0 Å². The number of thiol groups is 1. The van der Waals surface area contributed by atoms with E-state index < -0.39 is 12.1 Å². The molecule has 122 valence electrons.